The predicted octanol–water partition coefficient (Wildman–Crippen LogP) is 1.31. The molecule has 1 unspecified atom stereocenters. The van der Waals surface area contributed by atoms with E-state index < -0.39 is 12.0 Å². The van der Waals surface area contributed by atoms with E-state index in [4.69, 9.17) is 15.6 Å². The summed E-state index contributed by atoms with van der Waals surface area (Å²) in [6.45, 7) is 1.93. The largest absolute Gasteiger partial charge is 0.493 e. The van der Waals surface area contributed by atoms with Crippen molar-refractivity contribution in [2.24, 2.45) is 5.73 Å². The normalized spacial score (nSPS) is 12.2. The number of benzene rings is 1. The van der Waals surface area contributed by atoms with Gasteiger partial charge in [-0.05, 0) is 18.6 Å². The van der Waals surface area contributed by atoms with Crippen LogP contribution in [0.5, 0.6) is 5.75 Å². The van der Waals surface area contributed by atoms with Gasteiger partial charge in [-0.2, -0.15) is 0 Å². The molecule has 5 heteroatoms. The first kappa shape index (κ1) is 12.4. The van der Waals surface area contributed by atoms with E-state index in [1.165, 1.54) is 12.1 Å². The molecule has 0 saturated heterocycles. The highest BCUT2D eigenvalue weighted by molar-refractivity contribution is 5.72. The SMILES string of the molecule is Cc1ccc(F)cc1OCCC(N)C(=O)O. The van der Waals surface area contributed by atoms with Crippen molar-refractivity contribution in [2.75, 3.05) is 6.61 Å². The number of hydrogen-bond acceptors (Lipinski definition) is 3. The topological polar surface area (TPSA) is 72.5 Å². The van der Waals surface area contributed by atoms with Crippen molar-refractivity contribution in [2.45, 2.75) is 19.4 Å². The lowest BCUT2D eigenvalue weighted by molar-refractivity contribution is -0.138. The number of carbonyl (C=O) groups is 1. The summed E-state index contributed by atoms with van der Waals surface area (Å²) in [7, 11) is 0. The van der Waals surface area contributed by atoms with Crippen molar-refractivity contribution < 1.29 is 19.0 Å². The number of rotatable bonds is 5. The van der Waals surface area contributed by atoms with E-state index in [-0.39, 0.29) is 18.8 Å². The number of nitrogens with two attached hydrogens (primary N) is 1. The number of halogens is 1. The van der Waals surface area contributed by atoms with Crippen molar-refractivity contribution in [3.63, 3.8) is 0 Å². The number of carboxylic acid groups (broad SMARTS) is 1. The molecule has 1 atom stereocenters. The smallest absolute Gasteiger partial charge is 0.320 e. The van der Waals surface area contributed by atoms with Crippen LogP contribution in [0, 0.1) is 12.7 Å². The second kappa shape index (κ2) is 5.46. The molecule has 1 rings (SSSR count). The lowest BCUT2D eigenvalue weighted by Gasteiger charge is -2.10. The van der Waals surface area contributed by atoms with Gasteiger partial charge >= 0.3 is 5.97 Å². The Morgan fingerprint density at radius 3 is 2.94 bits per heavy atom. The fourth-order valence-electron chi connectivity index (χ4n) is 1.15. The Bertz CT molecular complexity index is 381. The first-order valence-electron chi connectivity index (χ1n) is 4.88. The third kappa shape index (κ3) is 3.51. The molecule has 0 spiro atoms. The van der Waals surface area contributed by atoms with E-state index in [1.54, 1.807) is 13.0 Å². The minimum atomic E-state index is -1.07. The van der Waals surface area contributed by atoms with Gasteiger partial charge < -0.3 is 15.6 Å². The minimum absolute atomic E-state index is 0.151. The van der Waals surface area contributed by atoms with Gasteiger partial charge in [0.25, 0.3) is 0 Å². The van der Waals surface area contributed by atoms with Crippen LogP contribution in [0.2, 0.25) is 0 Å². The van der Waals surface area contributed by atoms with Crippen LogP contribution in [0.3, 0.4) is 0 Å². The molecule has 0 heterocycles. The van der Waals surface area contributed by atoms with Crippen LogP contribution >= 0.6 is 0 Å². The van der Waals surface area contributed by atoms with Crippen LogP contribution in [0.15, 0.2) is 18.2 Å². The molecule has 0 aromatic heterocycles. The van der Waals surface area contributed by atoms with Gasteiger partial charge in [0.1, 0.15) is 17.6 Å². The fraction of sp³-hybridized carbons (Fsp3) is 0.364. The molecule has 0 aliphatic carbocycles. The first-order chi connectivity index (χ1) is 7.50. The van der Waals surface area contributed by atoms with Crippen molar-refractivity contribution >= 4 is 5.97 Å². The van der Waals surface area contributed by atoms with Gasteiger partial charge in [0.2, 0.25) is 0 Å². The summed E-state index contributed by atoms with van der Waals surface area (Å²) in [6, 6.07) is 3.25. The summed E-state index contributed by atoms with van der Waals surface area (Å²) >= 11 is 0. The summed E-state index contributed by atoms with van der Waals surface area (Å²) in [5.74, 6) is -1.04. The van der Waals surface area contributed by atoms with Crippen LogP contribution < -0.4 is 10.5 Å². The first-order valence-corrected chi connectivity index (χ1v) is 4.88. The molecular weight excluding hydrogens is 213 g/mol. The Kier molecular flexibility index (Phi) is 4.25. The van der Waals surface area contributed by atoms with Gasteiger partial charge in [0.15, 0.2) is 0 Å². The van der Waals surface area contributed by atoms with E-state index in [9.17, 15) is 9.18 Å². The summed E-state index contributed by atoms with van der Waals surface area (Å²) in [6.07, 6.45) is 0.186. The maximum atomic E-state index is 12.9. The molecule has 88 valence electrons. The highest BCUT2D eigenvalue weighted by atomic mass is 19.1. The lowest BCUT2D eigenvalue weighted by Crippen LogP contribution is -2.31. The standard InChI is InChI=1S/C11H14FNO3/c1-7-2-3-8(12)6-10(7)16-5-4-9(13)11(14)15/h2-3,6,9H,4-5,13H2,1H3,(H,14,15). The molecule has 1 aromatic carbocycles. The van der Waals surface area contributed by atoms with Gasteiger partial charge in [0, 0.05) is 12.5 Å². The van der Waals surface area contributed by atoms with Crippen LogP contribution in [-0.4, -0.2) is 23.7 Å². The van der Waals surface area contributed by atoms with E-state index >= 15 is 0 Å². The number of aryl methyl sites for hydroxylation is 1. The zero-order valence-electron chi connectivity index (χ0n) is 8.94. The van der Waals surface area contributed by atoms with Crippen molar-refractivity contribution in [1.82, 2.24) is 0 Å². The fourth-order valence-corrected chi connectivity index (χ4v) is 1.15. The Morgan fingerprint density at radius 1 is 1.62 bits per heavy atom. The molecule has 0 bridgehead atoms. The average Bonchev–Trinajstić information content (AvgIpc) is 2.22. The average molecular weight is 227 g/mol. The number of hydrogen-bond donors (Lipinski definition) is 2. The zero-order chi connectivity index (χ0) is 12.1. The monoisotopic (exact) mass is 227 g/mol. The highest BCUT2D eigenvalue weighted by Crippen LogP contribution is 2.18. The minimum Gasteiger partial charge on any atom is -0.493 e. The van der Waals surface area contributed by atoms with Crippen molar-refractivity contribution in [1.29, 1.82) is 0 Å². The Labute approximate surface area is 92.8 Å². The lowest BCUT2D eigenvalue weighted by atomic mass is 10.2. The van der Waals surface area contributed by atoms with Gasteiger partial charge in [0.05, 0.1) is 6.61 Å². The number of carboxylic acids is 1. The van der Waals surface area contributed by atoms with E-state index in [2.05, 4.69) is 0 Å². The molecule has 1 aromatic rings. The summed E-state index contributed by atoms with van der Waals surface area (Å²) in [4.78, 5) is 10.4. The van der Waals surface area contributed by atoms with Crippen molar-refractivity contribution in [3.8, 4) is 5.75 Å². The molecule has 0 fully saturated rings. The van der Waals surface area contributed by atoms with E-state index in [1.807, 2.05) is 0 Å². The second-order valence-electron chi connectivity index (χ2n) is 3.49. The van der Waals surface area contributed by atoms with Crippen LogP contribution in [0.25, 0.3) is 0 Å². The Balaban J connectivity index is 2.48. The summed E-state index contributed by atoms with van der Waals surface area (Å²) < 4.78 is 18.1. The van der Waals surface area contributed by atoms with Gasteiger partial charge in [-0.15, -0.1) is 0 Å². The zero-order valence-corrected chi connectivity index (χ0v) is 8.94. The number of ether oxygens (including phenoxy) is 1. The van der Waals surface area contributed by atoms with E-state index in [0.29, 0.717) is 5.75 Å². The maximum absolute atomic E-state index is 12.9. The molecule has 3 N–H and O–H groups in total. The van der Waals surface area contributed by atoms with Crippen LogP contribution in [0.4, 0.5) is 4.39 Å². The third-order valence-corrected chi connectivity index (χ3v) is 2.15. The van der Waals surface area contributed by atoms with E-state index in [0.717, 1.165) is 5.56 Å². The molecular formula is C11H14FNO3. The summed E-state index contributed by atoms with van der Waals surface area (Å²) in [5, 5.41) is 8.54. The van der Waals surface area contributed by atoms with Gasteiger partial charge in [-0.3, -0.25) is 4.79 Å². The molecule has 0 radical (unpaired) electrons. The second-order valence-corrected chi connectivity index (χ2v) is 3.49. The van der Waals surface area contributed by atoms with Gasteiger partial charge in [-0.25, -0.2) is 4.39 Å². The van der Waals surface area contributed by atoms with Crippen LogP contribution in [0.1, 0.15) is 12.0 Å². The molecule has 0 saturated carbocycles. The Hall–Kier alpha value is -1.62. The van der Waals surface area contributed by atoms with Crippen molar-refractivity contribution in [3.05, 3.63) is 29.6 Å². The highest BCUT2D eigenvalue weighted by Gasteiger charge is 2.11. The predicted molar refractivity (Wildman–Crippen MR) is 56.9 cm³/mol. The molecule has 0 aliphatic rings. The maximum Gasteiger partial charge on any atom is 0.320 e. The number of aliphatic carboxylic acids is 1. The van der Waals surface area contributed by atoms with Crippen LogP contribution in [-0.2, 0) is 4.79 Å². The third-order valence-electron chi connectivity index (χ3n) is 2.15. The quantitative estimate of drug-likeness (QED) is 0.795. The molecule has 4 nitrogen and oxygen atoms in total. The molecule has 0 aliphatic heterocycles. The molecule has 16 heavy (non-hydrogen) atoms. The summed E-state index contributed by atoms with van der Waals surface area (Å²) in [5.41, 5.74) is 6.09. The van der Waals surface area contributed by atoms with Gasteiger partial charge in [-0.1, -0.05) is 6.07 Å². The Morgan fingerprint density at radius 2 is 2.31 bits per heavy atom. The molecule has 0 amide bonds.